The van der Waals surface area contributed by atoms with E-state index in [4.69, 9.17) is 4.74 Å². The number of ether oxygens (including phenoxy) is 1. The summed E-state index contributed by atoms with van der Waals surface area (Å²) in [6, 6.07) is 8.87. The van der Waals surface area contributed by atoms with Crippen molar-refractivity contribution in [1.29, 1.82) is 0 Å². The Bertz CT molecular complexity index is 1370. The minimum atomic E-state index is -3.80. The van der Waals surface area contributed by atoms with E-state index in [0.29, 0.717) is 11.3 Å². The van der Waals surface area contributed by atoms with Gasteiger partial charge in [-0.15, -0.1) is 11.3 Å². The number of amides is 2. The highest BCUT2D eigenvalue weighted by Crippen LogP contribution is 2.27. The first-order valence-electron chi connectivity index (χ1n) is 10.9. The van der Waals surface area contributed by atoms with Crippen LogP contribution in [0.4, 0.5) is 18.7 Å². The molecule has 190 valence electrons. The lowest BCUT2D eigenvalue weighted by Gasteiger charge is -2.33. The van der Waals surface area contributed by atoms with Gasteiger partial charge in [0, 0.05) is 42.7 Å². The number of nitrogens with one attached hydrogen (secondary N) is 1. The second kappa shape index (κ2) is 10.7. The number of hydrogen-bond acceptors (Lipinski definition) is 7. The second-order valence-electron chi connectivity index (χ2n) is 7.74. The van der Waals surface area contributed by atoms with Crippen LogP contribution >= 0.6 is 11.3 Å². The van der Waals surface area contributed by atoms with Gasteiger partial charge in [0.05, 0.1) is 17.2 Å². The van der Waals surface area contributed by atoms with Crippen molar-refractivity contribution >= 4 is 38.5 Å². The van der Waals surface area contributed by atoms with E-state index in [9.17, 15) is 26.8 Å². The first-order valence-corrected chi connectivity index (χ1v) is 13.2. The highest BCUT2D eigenvalue weighted by molar-refractivity contribution is 7.89. The maximum Gasteiger partial charge on any atom is 0.409 e. The Hall–Kier alpha value is -3.42. The van der Waals surface area contributed by atoms with Crippen LogP contribution in [0.5, 0.6) is 0 Å². The van der Waals surface area contributed by atoms with Crippen molar-refractivity contribution in [3.05, 3.63) is 65.0 Å². The summed E-state index contributed by atoms with van der Waals surface area (Å²) in [4.78, 5) is 30.1. The first-order chi connectivity index (χ1) is 17.2. The number of nitrogens with zero attached hydrogens (tertiary/aromatic N) is 3. The van der Waals surface area contributed by atoms with Gasteiger partial charge in [0.1, 0.15) is 0 Å². The number of piperazine rings is 1. The van der Waals surface area contributed by atoms with Crippen LogP contribution in [-0.2, 0) is 14.8 Å². The number of anilines is 1. The van der Waals surface area contributed by atoms with Crippen molar-refractivity contribution in [2.24, 2.45) is 0 Å². The molecule has 1 aromatic heterocycles. The minimum Gasteiger partial charge on any atom is -0.450 e. The van der Waals surface area contributed by atoms with Gasteiger partial charge in [-0.25, -0.2) is 27.0 Å². The van der Waals surface area contributed by atoms with Gasteiger partial charge in [-0.1, -0.05) is 0 Å². The van der Waals surface area contributed by atoms with Crippen molar-refractivity contribution in [3.8, 4) is 11.3 Å². The molecule has 1 aliphatic rings. The molecular formula is C23H22F2N4O5S2. The lowest BCUT2D eigenvalue weighted by atomic mass is 10.2. The lowest BCUT2D eigenvalue weighted by molar-refractivity contribution is 0.0933. The van der Waals surface area contributed by atoms with Crippen LogP contribution in [0.3, 0.4) is 0 Å². The fourth-order valence-electron chi connectivity index (χ4n) is 3.54. The molecule has 0 radical (unpaired) electrons. The maximum atomic E-state index is 13.5. The molecule has 1 N–H and O–H groups in total. The van der Waals surface area contributed by atoms with Gasteiger partial charge in [-0.2, -0.15) is 4.31 Å². The van der Waals surface area contributed by atoms with E-state index in [-0.39, 0.29) is 48.4 Å². The number of halogens is 2. The predicted molar refractivity (Wildman–Crippen MR) is 129 cm³/mol. The Balaban J connectivity index is 1.39. The average molecular weight is 537 g/mol. The van der Waals surface area contributed by atoms with Crippen LogP contribution < -0.4 is 5.32 Å². The van der Waals surface area contributed by atoms with E-state index in [1.807, 2.05) is 0 Å². The van der Waals surface area contributed by atoms with Gasteiger partial charge in [0.15, 0.2) is 16.8 Å². The number of hydrogen-bond donors (Lipinski definition) is 1. The molecule has 0 bridgehead atoms. The third-order valence-electron chi connectivity index (χ3n) is 5.46. The fourth-order valence-corrected chi connectivity index (χ4v) is 5.68. The summed E-state index contributed by atoms with van der Waals surface area (Å²) in [5.74, 6) is -2.47. The topological polar surface area (TPSA) is 109 Å². The number of carbonyl (C=O) groups is 2. The molecule has 1 fully saturated rings. The monoisotopic (exact) mass is 536 g/mol. The number of aromatic nitrogens is 1. The Morgan fingerprint density at radius 3 is 2.39 bits per heavy atom. The van der Waals surface area contributed by atoms with E-state index in [1.54, 1.807) is 12.3 Å². The summed E-state index contributed by atoms with van der Waals surface area (Å²) >= 11 is 1.11. The number of benzene rings is 2. The molecular weight excluding hydrogens is 514 g/mol. The van der Waals surface area contributed by atoms with Crippen LogP contribution in [0, 0.1) is 11.6 Å². The summed E-state index contributed by atoms with van der Waals surface area (Å²) in [5.41, 5.74) is 0.952. The van der Waals surface area contributed by atoms with Crippen LogP contribution in [-0.4, -0.2) is 67.4 Å². The smallest absolute Gasteiger partial charge is 0.409 e. The fraction of sp³-hybridized carbons (Fsp3) is 0.261. The lowest BCUT2D eigenvalue weighted by Crippen LogP contribution is -2.50. The summed E-state index contributed by atoms with van der Waals surface area (Å²) in [5, 5.41) is 4.46. The molecule has 0 aliphatic carbocycles. The third kappa shape index (κ3) is 5.53. The van der Waals surface area contributed by atoms with Crippen LogP contribution in [0.1, 0.15) is 17.3 Å². The van der Waals surface area contributed by atoms with Gasteiger partial charge < -0.3 is 9.64 Å². The number of rotatable bonds is 6. The standard InChI is InChI=1S/C23H22F2N4O5S2/c1-2-34-23(31)28-9-11-29(12-10-28)36(32,33)17-6-3-15(4-7-17)21(30)27-22-26-20(14-35-22)16-5-8-18(24)19(25)13-16/h3-8,13-14H,2,9-12H2,1H3,(H,26,27,30). The van der Waals surface area contributed by atoms with Gasteiger partial charge >= 0.3 is 6.09 Å². The number of sulfonamides is 1. The molecule has 0 saturated carbocycles. The van der Waals surface area contributed by atoms with E-state index < -0.39 is 33.7 Å². The van der Waals surface area contributed by atoms with Crippen LogP contribution in [0.25, 0.3) is 11.3 Å². The average Bonchev–Trinajstić information content (AvgIpc) is 3.34. The third-order valence-corrected chi connectivity index (χ3v) is 8.13. The normalized spacial score (nSPS) is 14.5. The molecule has 9 nitrogen and oxygen atoms in total. The largest absolute Gasteiger partial charge is 0.450 e. The molecule has 13 heteroatoms. The zero-order valence-corrected chi connectivity index (χ0v) is 20.7. The summed E-state index contributed by atoms with van der Waals surface area (Å²) in [6.07, 6.45) is -0.470. The van der Waals surface area contributed by atoms with Crippen molar-refractivity contribution in [1.82, 2.24) is 14.2 Å². The van der Waals surface area contributed by atoms with Crippen molar-refractivity contribution in [3.63, 3.8) is 0 Å². The van der Waals surface area contributed by atoms with Crippen molar-refractivity contribution in [2.75, 3.05) is 38.1 Å². The highest BCUT2D eigenvalue weighted by Gasteiger charge is 2.30. The zero-order valence-electron chi connectivity index (χ0n) is 19.1. The molecule has 4 rings (SSSR count). The Labute approximate surface area is 210 Å². The highest BCUT2D eigenvalue weighted by atomic mass is 32.2. The molecule has 0 unspecified atom stereocenters. The maximum absolute atomic E-state index is 13.5. The Morgan fingerprint density at radius 2 is 1.75 bits per heavy atom. The molecule has 2 heterocycles. The van der Waals surface area contributed by atoms with Crippen molar-refractivity contribution in [2.45, 2.75) is 11.8 Å². The van der Waals surface area contributed by atoms with Gasteiger partial charge in [0.25, 0.3) is 5.91 Å². The van der Waals surface area contributed by atoms with Crippen molar-refractivity contribution < 1.29 is 31.5 Å². The Morgan fingerprint density at radius 1 is 1.06 bits per heavy atom. The molecule has 36 heavy (non-hydrogen) atoms. The van der Waals surface area contributed by atoms with E-state index in [2.05, 4.69) is 10.3 Å². The molecule has 2 amide bonds. The Kier molecular flexibility index (Phi) is 7.62. The zero-order chi connectivity index (χ0) is 25.9. The quantitative estimate of drug-likeness (QED) is 0.513. The molecule has 0 atom stereocenters. The second-order valence-corrected chi connectivity index (χ2v) is 10.5. The molecule has 0 spiro atoms. The molecule has 1 aliphatic heterocycles. The van der Waals surface area contributed by atoms with Gasteiger partial charge in [0.2, 0.25) is 10.0 Å². The SMILES string of the molecule is CCOC(=O)N1CCN(S(=O)(=O)c2ccc(C(=O)Nc3nc(-c4ccc(F)c(F)c4)cs3)cc2)CC1. The van der Waals surface area contributed by atoms with Crippen LogP contribution in [0.15, 0.2) is 52.7 Å². The van der Waals surface area contributed by atoms with Gasteiger partial charge in [-0.3, -0.25) is 10.1 Å². The summed E-state index contributed by atoms with van der Waals surface area (Å²) < 4.78 is 58.8. The molecule has 2 aromatic carbocycles. The van der Waals surface area contributed by atoms with Gasteiger partial charge in [-0.05, 0) is 49.4 Å². The van der Waals surface area contributed by atoms with E-state index >= 15 is 0 Å². The first kappa shape index (κ1) is 25.7. The van der Waals surface area contributed by atoms with Crippen LogP contribution in [0.2, 0.25) is 0 Å². The molecule has 3 aromatic rings. The van der Waals surface area contributed by atoms with E-state index in [0.717, 1.165) is 23.5 Å². The molecule has 1 saturated heterocycles. The summed E-state index contributed by atoms with van der Waals surface area (Å²) in [7, 11) is -3.80. The predicted octanol–water partition coefficient (Wildman–Crippen LogP) is 3.80. The summed E-state index contributed by atoms with van der Waals surface area (Å²) in [6.45, 7) is 2.65. The number of thiazole rings is 1. The van der Waals surface area contributed by atoms with E-state index in [1.165, 1.54) is 39.5 Å². The number of carbonyl (C=O) groups excluding carboxylic acids is 2. The minimum absolute atomic E-state index is 0.0264.